The van der Waals surface area contributed by atoms with Gasteiger partial charge in [0.2, 0.25) is 5.88 Å². The van der Waals surface area contributed by atoms with Crippen LogP contribution in [0.5, 0.6) is 5.88 Å². The second-order valence-corrected chi connectivity index (χ2v) is 4.77. The molecule has 94 valence electrons. The molecule has 0 spiro atoms. The van der Waals surface area contributed by atoms with E-state index in [1.807, 2.05) is 30.3 Å². The highest BCUT2D eigenvalue weighted by Gasteiger charge is 2.12. The molecule has 1 unspecified atom stereocenters. The summed E-state index contributed by atoms with van der Waals surface area (Å²) in [5.74, 6) is 0.513. The van der Waals surface area contributed by atoms with Crippen molar-refractivity contribution in [2.45, 2.75) is 12.5 Å². The Morgan fingerprint density at radius 2 is 2.00 bits per heavy atom. The molecule has 1 heterocycles. The van der Waals surface area contributed by atoms with E-state index in [0.29, 0.717) is 18.0 Å². The Balaban J connectivity index is 2.16. The van der Waals surface area contributed by atoms with Crippen LogP contribution in [0, 0.1) is 0 Å². The van der Waals surface area contributed by atoms with Crippen LogP contribution >= 0.6 is 15.9 Å². The van der Waals surface area contributed by atoms with Gasteiger partial charge in [-0.3, -0.25) is 0 Å². The average molecular weight is 308 g/mol. The van der Waals surface area contributed by atoms with Gasteiger partial charge < -0.3 is 9.84 Å². The Morgan fingerprint density at radius 1 is 1.22 bits per heavy atom. The van der Waals surface area contributed by atoms with E-state index in [9.17, 15) is 5.11 Å². The lowest BCUT2D eigenvalue weighted by Gasteiger charge is -2.12. The Bertz CT molecular complexity index is 531. The molecule has 0 saturated heterocycles. The largest absolute Gasteiger partial charge is 0.481 e. The van der Waals surface area contributed by atoms with Gasteiger partial charge in [-0.15, -0.1) is 0 Å². The standard InChI is InChI=1S/C14H14BrNO2/c1-18-14-8-4-7-12(16-14)13(17)9-10-5-2-3-6-11(10)15/h2-8,13,17H,9H2,1H3. The quantitative estimate of drug-likeness (QED) is 0.943. The lowest BCUT2D eigenvalue weighted by molar-refractivity contribution is 0.172. The minimum absolute atomic E-state index is 0.513. The van der Waals surface area contributed by atoms with E-state index < -0.39 is 6.10 Å². The number of hydrogen-bond acceptors (Lipinski definition) is 3. The molecule has 0 aliphatic rings. The summed E-state index contributed by atoms with van der Waals surface area (Å²) in [6, 6.07) is 13.2. The monoisotopic (exact) mass is 307 g/mol. The van der Waals surface area contributed by atoms with Gasteiger partial charge in [-0.1, -0.05) is 40.2 Å². The van der Waals surface area contributed by atoms with Crippen LogP contribution in [0.1, 0.15) is 17.4 Å². The zero-order chi connectivity index (χ0) is 13.0. The number of aliphatic hydroxyl groups is 1. The lowest BCUT2D eigenvalue weighted by atomic mass is 10.1. The molecular formula is C14H14BrNO2. The number of benzene rings is 1. The summed E-state index contributed by atoms with van der Waals surface area (Å²) < 4.78 is 6.04. The molecule has 3 nitrogen and oxygen atoms in total. The van der Waals surface area contributed by atoms with Gasteiger partial charge in [-0.2, -0.15) is 0 Å². The van der Waals surface area contributed by atoms with Crippen molar-refractivity contribution in [2.75, 3.05) is 7.11 Å². The molecule has 0 saturated carbocycles. The van der Waals surface area contributed by atoms with Crippen molar-refractivity contribution in [3.8, 4) is 5.88 Å². The van der Waals surface area contributed by atoms with E-state index in [-0.39, 0.29) is 0 Å². The molecule has 0 fully saturated rings. The molecule has 0 aliphatic carbocycles. The lowest BCUT2D eigenvalue weighted by Crippen LogP contribution is -2.05. The fourth-order valence-corrected chi connectivity index (χ4v) is 2.15. The maximum absolute atomic E-state index is 10.2. The summed E-state index contributed by atoms with van der Waals surface area (Å²) in [5, 5.41) is 10.2. The van der Waals surface area contributed by atoms with Crippen LogP contribution in [0.25, 0.3) is 0 Å². The average Bonchev–Trinajstić information content (AvgIpc) is 2.41. The van der Waals surface area contributed by atoms with Gasteiger partial charge in [0.1, 0.15) is 6.10 Å². The van der Waals surface area contributed by atoms with Crippen LogP contribution in [0.15, 0.2) is 46.9 Å². The molecular weight excluding hydrogens is 294 g/mol. The van der Waals surface area contributed by atoms with Crippen molar-refractivity contribution in [2.24, 2.45) is 0 Å². The summed E-state index contributed by atoms with van der Waals surface area (Å²) in [5.41, 5.74) is 1.67. The topological polar surface area (TPSA) is 42.4 Å². The number of hydrogen-bond donors (Lipinski definition) is 1. The Kier molecular flexibility index (Phi) is 4.33. The van der Waals surface area contributed by atoms with Crippen LogP contribution in [0.2, 0.25) is 0 Å². The number of aliphatic hydroxyl groups excluding tert-OH is 1. The molecule has 0 bridgehead atoms. The number of ether oxygens (including phenoxy) is 1. The SMILES string of the molecule is COc1cccc(C(O)Cc2ccccc2Br)n1. The number of halogens is 1. The first-order valence-electron chi connectivity index (χ1n) is 5.63. The minimum Gasteiger partial charge on any atom is -0.481 e. The Labute approximate surface area is 115 Å². The summed E-state index contributed by atoms with van der Waals surface area (Å²) in [4.78, 5) is 4.23. The molecule has 2 aromatic rings. The summed E-state index contributed by atoms with van der Waals surface area (Å²) in [6.07, 6.45) is -0.125. The van der Waals surface area contributed by atoms with Crippen molar-refractivity contribution < 1.29 is 9.84 Å². The van der Waals surface area contributed by atoms with Crippen LogP contribution in [0.3, 0.4) is 0 Å². The van der Waals surface area contributed by atoms with Crippen LogP contribution in [0.4, 0.5) is 0 Å². The second-order valence-electron chi connectivity index (χ2n) is 3.92. The fraction of sp³-hybridized carbons (Fsp3) is 0.214. The number of aromatic nitrogens is 1. The molecule has 0 amide bonds. The first-order valence-corrected chi connectivity index (χ1v) is 6.42. The maximum atomic E-state index is 10.2. The molecule has 1 aromatic carbocycles. The third-order valence-corrected chi connectivity index (χ3v) is 3.44. The van der Waals surface area contributed by atoms with E-state index in [1.165, 1.54) is 0 Å². The van der Waals surface area contributed by atoms with Crippen LogP contribution < -0.4 is 4.74 Å². The molecule has 1 aromatic heterocycles. The number of methoxy groups -OCH3 is 1. The zero-order valence-corrected chi connectivity index (χ0v) is 11.6. The number of pyridine rings is 1. The van der Waals surface area contributed by atoms with Crippen molar-refractivity contribution >= 4 is 15.9 Å². The van der Waals surface area contributed by atoms with Crippen LogP contribution in [-0.2, 0) is 6.42 Å². The molecule has 18 heavy (non-hydrogen) atoms. The third-order valence-electron chi connectivity index (χ3n) is 2.67. The molecule has 0 aliphatic heterocycles. The van der Waals surface area contributed by atoms with Gasteiger partial charge in [-0.05, 0) is 17.7 Å². The van der Waals surface area contributed by atoms with E-state index in [0.717, 1.165) is 10.0 Å². The smallest absolute Gasteiger partial charge is 0.213 e. The third kappa shape index (κ3) is 3.09. The van der Waals surface area contributed by atoms with E-state index in [1.54, 1.807) is 19.2 Å². The maximum Gasteiger partial charge on any atom is 0.213 e. The minimum atomic E-state index is -0.640. The van der Waals surface area contributed by atoms with Gasteiger partial charge >= 0.3 is 0 Å². The highest BCUT2D eigenvalue weighted by Crippen LogP contribution is 2.23. The Hall–Kier alpha value is -1.39. The predicted molar refractivity (Wildman–Crippen MR) is 73.6 cm³/mol. The molecule has 4 heteroatoms. The zero-order valence-electron chi connectivity index (χ0n) is 10.0. The first kappa shape index (κ1) is 13.1. The Morgan fingerprint density at radius 3 is 2.72 bits per heavy atom. The summed E-state index contributed by atoms with van der Waals surface area (Å²) in [6.45, 7) is 0. The molecule has 0 radical (unpaired) electrons. The number of rotatable bonds is 4. The second kappa shape index (κ2) is 5.98. The molecule has 1 atom stereocenters. The summed E-state index contributed by atoms with van der Waals surface area (Å²) in [7, 11) is 1.56. The molecule has 2 rings (SSSR count). The van der Waals surface area contributed by atoms with Crippen molar-refractivity contribution in [3.63, 3.8) is 0 Å². The van der Waals surface area contributed by atoms with Crippen molar-refractivity contribution in [1.82, 2.24) is 4.98 Å². The van der Waals surface area contributed by atoms with Crippen LogP contribution in [-0.4, -0.2) is 17.2 Å². The highest BCUT2D eigenvalue weighted by atomic mass is 79.9. The van der Waals surface area contributed by atoms with E-state index in [4.69, 9.17) is 4.74 Å². The van der Waals surface area contributed by atoms with Gasteiger partial charge in [0, 0.05) is 17.0 Å². The highest BCUT2D eigenvalue weighted by molar-refractivity contribution is 9.10. The normalized spacial score (nSPS) is 12.2. The van der Waals surface area contributed by atoms with E-state index in [2.05, 4.69) is 20.9 Å². The fourth-order valence-electron chi connectivity index (χ4n) is 1.71. The first-order chi connectivity index (χ1) is 8.70. The van der Waals surface area contributed by atoms with Crippen molar-refractivity contribution in [1.29, 1.82) is 0 Å². The van der Waals surface area contributed by atoms with Gasteiger partial charge in [0.25, 0.3) is 0 Å². The van der Waals surface area contributed by atoms with E-state index >= 15 is 0 Å². The van der Waals surface area contributed by atoms with Gasteiger partial charge in [-0.25, -0.2) is 4.98 Å². The predicted octanol–water partition coefficient (Wildman–Crippen LogP) is 3.13. The number of nitrogens with zero attached hydrogens (tertiary/aromatic N) is 1. The van der Waals surface area contributed by atoms with Crippen molar-refractivity contribution in [3.05, 3.63) is 58.2 Å². The summed E-state index contributed by atoms with van der Waals surface area (Å²) >= 11 is 3.47. The van der Waals surface area contributed by atoms with Gasteiger partial charge in [0.15, 0.2) is 0 Å². The van der Waals surface area contributed by atoms with Gasteiger partial charge in [0.05, 0.1) is 12.8 Å². The molecule has 1 N–H and O–H groups in total.